The van der Waals surface area contributed by atoms with Crippen LogP contribution in [0.3, 0.4) is 0 Å². The van der Waals surface area contributed by atoms with Gasteiger partial charge < -0.3 is 18.9 Å². The first-order chi connectivity index (χ1) is 17.4. The van der Waals surface area contributed by atoms with Crippen LogP contribution in [0.4, 0.5) is 0 Å². The fourth-order valence-corrected chi connectivity index (χ4v) is 3.16. The van der Waals surface area contributed by atoms with E-state index in [0.717, 1.165) is 16.7 Å². The van der Waals surface area contributed by atoms with Gasteiger partial charge in [0.05, 0.1) is 30.4 Å². The summed E-state index contributed by atoms with van der Waals surface area (Å²) >= 11 is 0. The molecule has 7 nitrogen and oxygen atoms in total. The Morgan fingerprint density at radius 3 is 2.19 bits per heavy atom. The maximum atomic E-state index is 12.6. The summed E-state index contributed by atoms with van der Waals surface area (Å²) in [6.45, 7) is 8.01. The summed E-state index contributed by atoms with van der Waals surface area (Å²) in [5.41, 5.74) is 4.10. The molecular weight excluding hydrogens is 458 g/mol. The zero-order valence-corrected chi connectivity index (χ0v) is 20.3. The van der Waals surface area contributed by atoms with E-state index in [1.54, 1.807) is 49.4 Å². The fourth-order valence-electron chi connectivity index (χ4n) is 3.16. The van der Waals surface area contributed by atoms with Crippen LogP contribution in [-0.2, 0) is 14.3 Å². The summed E-state index contributed by atoms with van der Waals surface area (Å²) in [5, 5.41) is 8.95. The Balaban J connectivity index is 1.46. The van der Waals surface area contributed by atoms with Gasteiger partial charge in [0.1, 0.15) is 24.7 Å². The second-order valence-corrected chi connectivity index (χ2v) is 7.96. The maximum Gasteiger partial charge on any atom is 0.343 e. The third-order valence-corrected chi connectivity index (χ3v) is 5.12. The summed E-state index contributed by atoms with van der Waals surface area (Å²) in [5.74, 6) is 0.155. The van der Waals surface area contributed by atoms with Crippen LogP contribution >= 0.6 is 0 Å². The number of aryl methyl sites for hydroxylation is 1. The second-order valence-electron chi connectivity index (χ2n) is 7.96. The molecule has 0 radical (unpaired) electrons. The summed E-state index contributed by atoms with van der Waals surface area (Å²) in [6.07, 6.45) is 0. The highest BCUT2D eigenvalue weighted by Gasteiger charge is 2.12. The topological polar surface area (TPSA) is 94.8 Å². The monoisotopic (exact) mass is 485 g/mol. The normalized spacial score (nSPS) is 10.2. The van der Waals surface area contributed by atoms with Gasteiger partial charge >= 0.3 is 11.9 Å². The smallest absolute Gasteiger partial charge is 0.343 e. The number of esters is 2. The van der Waals surface area contributed by atoms with Gasteiger partial charge in [-0.1, -0.05) is 24.8 Å². The van der Waals surface area contributed by atoms with Crippen molar-refractivity contribution in [3.8, 4) is 28.7 Å². The van der Waals surface area contributed by atoms with E-state index in [-0.39, 0.29) is 13.2 Å². The Kier molecular flexibility index (Phi) is 9.38. The predicted octanol–water partition coefficient (Wildman–Crippen LogP) is 5.27. The number of benzene rings is 3. The van der Waals surface area contributed by atoms with E-state index >= 15 is 0 Å². The zero-order valence-electron chi connectivity index (χ0n) is 20.3. The van der Waals surface area contributed by atoms with Crippen LogP contribution in [0.5, 0.6) is 11.5 Å². The lowest BCUT2D eigenvalue weighted by molar-refractivity contribution is -0.140. The number of hydrogen-bond donors (Lipinski definition) is 0. The van der Waals surface area contributed by atoms with Gasteiger partial charge in [0.2, 0.25) is 0 Å². The van der Waals surface area contributed by atoms with E-state index in [9.17, 15) is 9.59 Å². The van der Waals surface area contributed by atoms with Crippen molar-refractivity contribution < 1.29 is 28.5 Å². The molecular formula is C29H27NO6. The minimum Gasteiger partial charge on any atom is -0.491 e. The molecule has 0 aliphatic heterocycles. The Labute approximate surface area is 210 Å². The van der Waals surface area contributed by atoms with Crippen molar-refractivity contribution in [2.45, 2.75) is 13.8 Å². The molecule has 0 atom stereocenters. The van der Waals surface area contributed by atoms with Gasteiger partial charge in [-0.3, -0.25) is 0 Å². The average Bonchev–Trinajstić information content (AvgIpc) is 2.89. The van der Waals surface area contributed by atoms with E-state index in [1.165, 1.54) is 0 Å². The molecule has 3 aromatic carbocycles. The number of hydrogen-bond acceptors (Lipinski definition) is 7. The molecule has 0 N–H and O–H groups in total. The highest BCUT2D eigenvalue weighted by molar-refractivity contribution is 5.91. The van der Waals surface area contributed by atoms with Crippen LogP contribution in [0.2, 0.25) is 0 Å². The Bertz CT molecular complexity index is 1260. The average molecular weight is 486 g/mol. The Morgan fingerprint density at radius 2 is 1.56 bits per heavy atom. The molecule has 3 rings (SSSR count). The number of nitrogens with zero attached hydrogens (tertiary/aromatic N) is 1. The minimum absolute atomic E-state index is 0.153. The first-order valence-electron chi connectivity index (χ1n) is 11.3. The highest BCUT2D eigenvalue weighted by atomic mass is 16.6. The predicted molar refractivity (Wildman–Crippen MR) is 135 cm³/mol. The van der Waals surface area contributed by atoms with Gasteiger partial charge in [-0.2, -0.15) is 5.26 Å². The number of ether oxygens (including phenoxy) is 4. The van der Waals surface area contributed by atoms with Crippen LogP contribution < -0.4 is 9.47 Å². The van der Waals surface area contributed by atoms with Crippen molar-refractivity contribution in [2.75, 3.05) is 26.4 Å². The molecule has 0 bridgehead atoms. The molecule has 0 saturated heterocycles. The molecule has 0 aromatic heterocycles. The summed E-state index contributed by atoms with van der Waals surface area (Å²) < 4.78 is 21.5. The summed E-state index contributed by atoms with van der Waals surface area (Å²) in [4.78, 5) is 23.9. The molecule has 0 heterocycles. The van der Waals surface area contributed by atoms with Crippen molar-refractivity contribution in [3.05, 3.63) is 95.6 Å². The van der Waals surface area contributed by atoms with E-state index in [4.69, 9.17) is 24.2 Å². The zero-order chi connectivity index (χ0) is 25.9. The van der Waals surface area contributed by atoms with Crippen molar-refractivity contribution >= 4 is 11.9 Å². The summed E-state index contributed by atoms with van der Waals surface area (Å²) in [7, 11) is 0. The number of carbonyl (C=O) groups is 2. The molecule has 36 heavy (non-hydrogen) atoms. The highest BCUT2D eigenvalue weighted by Crippen LogP contribution is 2.27. The molecule has 0 saturated carbocycles. The van der Waals surface area contributed by atoms with Gasteiger partial charge in [-0.15, -0.1) is 0 Å². The molecule has 0 fully saturated rings. The number of nitriles is 1. The van der Waals surface area contributed by atoms with E-state index in [0.29, 0.717) is 41.4 Å². The number of rotatable bonds is 11. The van der Waals surface area contributed by atoms with Crippen molar-refractivity contribution in [1.29, 1.82) is 5.26 Å². The van der Waals surface area contributed by atoms with Gasteiger partial charge in [0.15, 0.2) is 0 Å². The van der Waals surface area contributed by atoms with E-state index in [2.05, 4.69) is 12.6 Å². The maximum absolute atomic E-state index is 12.6. The Morgan fingerprint density at radius 1 is 0.889 bits per heavy atom. The van der Waals surface area contributed by atoms with E-state index < -0.39 is 11.9 Å². The van der Waals surface area contributed by atoms with Crippen LogP contribution in [0.15, 0.2) is 78.9 Å². The van der Waals surface area contributed by atoms with Crippen molar-refractivity contribution in [3.63, 3.8) is 0 Å². The van der Waals surface area contributed by atoms with Crippen LogP contribution in [0.1, 0.15) is 28.4 Å². The van der Waals surface area contributed by atoms with Gasteiger partial charge in [0.25, 0.3) is 0 Å². The first-order valence-corrected chi connectivity index (χ1v) is 11.3. The van der Waals surface area contributed by atoms with Crippen LogP contribution in [0.25, 0.3) is 11.1 Å². The fraction of sp³-hybridized carbons (Fsp3) is 0.207. The molecule has 184 valence electrons. The standard InChI is InChI=1S/C29H27NO6/c1-20(2)28(31)35-17-15-33-14-16-34-26-11-8-24(9-12-26)29(32)36-27-13-10-25(18-21(27)3)23-6-4-22(19-30)5-7-23/h4-13,18H,1,14-17H2,2-3H3. The van der Waals surface area contributed by atoms with Crippen LogP contribution in [-0.4, -0.2) is 38.4 Å². The summed E-state index contributed by atoms with van der Waals surface area (Å²) in [6, 6.07) is 21.6. The lowest BCUT2D eigenvalue weighted by atomic mass is 10.0. The van der Waals surface area contributed by atoms with Gasteiger partial charge in [-0.05, 0) is 79.1 Å². The van der Waals surface area contributed by atoms with Crippen molar-refractivity contribution in [1.82, 2.24) is 0 Å². The van der Waals surface area contributed by atoms with Crippen molar-refractivity contribution in [2.24, 2.45) is 0 Å². The molecule has 0 aliphatic carbocycles. The molecule has 0 aliphatic rings. The first kappa shape index (κ1) is 26.2. The molecule has 3 aromatic rings. The molecule has 0 amide bonds. The minimum atomic E-state index is -0.469. The third-order valence-electron chi connectivity index (χ3n) is 5.12. The van der Waals surface area contributed by atoms with Gasteiger partial charge in [0, 0.05) is 5.57 Å². The quantitative estimate of drug-likeness (QED) is 0.158. The van der Waals surface area contributed by atoms with E-state index in [1.807, 2.05) is 31.2 Å². The lowest BCUT2D eigenvalue weighted by Crippen LogP contribution is -2.14. The molecule has 0 unspecified atom stereocenters. The molecule has 7 heteroatoms. The lowest BCUT2D eigenvalue weighted by Gasteiger charge is -2.11. The number of carbonyl (C=O) groups excluding carboxylic acids is 2. The van der Waals surface area contributed by atoms with Gasteiger partial charge in [-0.25, -0.2) is 9.59 Å². The second kappa shape index (κ2) is 12.9. The Hall–Kier alpha value is -4.41. The largest absolute Gasteiger partial charge is 0.491 e. The molecule has 0 spiro atoms. The third kappa shape index (κ3) is 7.55. The van der Waals surface area contributed by atoms with Crippen LogP contribution in [0, 0.1) is 18.3 Å². The SMILES string of the molecule is C=C(C)C(=O)OCCOCCOc1ccc(C(=O)Oc2ccc(-c3ccc(C#N)cc3)cc2C)cc1.